The van der Waals surface area contributed by atoms with Crippen molar-refractivity contribution in [3.05, 3.63) is 26.9 Å². The molecule has 0 aromatic carbocycles. The van der Waals surface area contributed by atoms with Crippen molar-refractivity contribution in [3.8, 4) is 0 Å². The van der Waals surface area contributed by atoms with Crippen LogP contribution < -0.4 is 5.73 Å². The van der Waals surface area contributed by atoms with Gasteiger partial charge in [0.2, 0.25) is 0 Å². The lowest BCUT2D eigenvalue weighted by Gasteiger charge is -1.97. The number of amides is 1. The Labute approximate surface area is 80.3 Å². The van der Waals surface area contributed by atoms with Crippen molar-refractivity contribution in [3.63, 3.8) is 0 Å². The highest BCUT2D eigenvalue weighted by Gasteiger charge is 2.07. The van der Waals surface area contributed by atoms with Gasteiger partial charge in [-0.3, -0.25) is 4.79 Å². The summed E-state index contributed by atoms with van der Waals surface area (Å²) in [6.07, 6.45) is 0. The second-order valence-electron chi connectivity index (χ2n) is 1.83. The summed E-state index contributed by atoms with van der Waals surface area (Å²) in [5.74, 6) is -0.543. The molecule has 0 saturated carbocycles. The van der Waals surface area contributed by atoms with E-state index < -0.39 is 5.91 Å². The molecule has 5 heteroatoms. The van der Waals surface area contributed by atoms with Crippen molar-refractivity contribution < 1.29 is 4.79 Å². The van der Waals surface area contributed by atoms with Crippen LogP contribution >= 0.6 is 31.9 Å². The normalized spacial score (nSPS) is 9.64. The second kappa shape index (κ2) is 3.32. The summed E-state index contributed by atoms with van der Waals surface area (Å²) in [5, 5.41) is 0. The zero-order chi connectivity index (χ0) is 8.43. The maximum Gasteiger partial charge on any atom is 0.268 e. The predicted molar refractivity (Wildman–Crippen MR) is 48.2 cm³/mol. The van der Waals surface area contributed by atoms with Crippen LogP contribution in [0.25, 0.3) is 0 Å². The molecule has 58 valence electrons. The number of aromatic nitrogens is 1. The van der Waals surface area contributed by atoms with Gasteiger partial charge in [-0.2, -0.15) is 0 Å². The number of hydrogen-bond acceptors (Lipinski definition) is 2. The monoisotopic (exact) mass is 278 g/mol. The van der Waals surface area contributed by atoms with Crippen molar-refractivity contribution in [1.29, 1.82) is 0 Å². The fourth-order valence-electron chi connectivity index (χ4n) is 0.591. The Morgan fingerprint density at radius 1 is 1.45 bits per heavy atom. The first kappa shape index (κ1) is 8.67. The van der Waals surface area contributed by atoms with E-state index in [4.69, 9.17) is 5.73 Å². The van der Waals surface area contributed by atoms with E-state index in [-0.39, 0.29) is 5.69 Å². The number of halogens is 2. The third kappa shape index (κ3) is 2.00. The van der Waals surface area contributed by atoms with Gasteiger partial charge in [0.15, 0.2) is 0 Å². The van der Waals surface area contributed by atoms with E-state index in [0.29, 0.717) is 9.08 Å². The van der Waals surface area contributed by atoms with Gasteiger partial charge >= 0.3 is 0 Å². The molecule has 0 spiro atoms. The van der Waals surface area contributed by atoms with Crippen molar-refractivity contribution in [2.24, 2.45) is 5.73 Å². The fraction of sp³-hybridized carbons (Fsp3) is 0. The van der Waals surface area contributed by atoms with Crippen molar-refractivity contribution >= 4 is 37.8 Å². The van der Waals surface area contributed by atoms with Crippen LogP contribution in [0.2, 0.25) is 0 Å². The molecule has 2 N–H and O–H groups in total. The molecule has 3 nitrogen and oxygen atoms in total. The molecule has 1 amide bonds. The Bertz CT molecular complexity index is 301. The number of nitrogens with zero attached hydrogens (tertiary/aromatic N) is 1. The Kier molecular flexibility index (Phi) is 2.62. The molecule has 1 heterocycles. The summed E-state index contributed by atoms with van der Waals surface area (Å²) in [7, 11) is 0. The highest BCUT2D eigenvalue weighted by Crippen LogP contribution is 2.16. The first-order valence-electron chi connectivity index (χ1n) is 2.73. The van der Waals surface area contributed by atoms with Crippen LogP contribution in [-0.2, 0) is 0 Å². The molecule has 1 aromatic heterocycles. The number of nitrogens with two attached hydrogens (primary N) is 1. The standard InChI is InChI=1S/C6H4Br2N2O/c7-3-1-2-4(8)10-5(3)6(9)11/h1-2H,(H2,9,11). The first-order chi connectivity index (χ1) is 5.11. The van der Waals surface area contributed by atoms with Crippen LogP contribution in [0.15, 0.2) is 21.2 Å². The van der Waals surface area contributed by atoms with Crippen molar-refractivity contribution in [2.45, 2.75) is 0 Å². The average molecular weight is 280 g/mol. The number of primary amides is 1. The Morgan fingerprint density at radius 3 is 2.55 bits per heavy atom. The summed E-state index contributed by atoms with van der Waals surface area (Å²) in [4.78, 5) is 14.6. The minimum atomic E-state index is -0.543. The minimum absolute atomic E-state index is 0.236. The lowest BCUT2D eigenvalue weighted by molar-refractivity contribution is 0.0994. The van der Waals surface area contributed by atoms with Gasteiger partial charge in [0.05, 0.1) is 0 Å². The molecule has 0 aliphatic rings. The molecule has 1 aromatic rings. The predicted octanol–water partition coefficient (Wildman–Crippen LogP) is 1.71. The van der Waals surface area contributed by atoms with Gasteiger partial charge in [-0.25, -0.2) is 4.98 Å². The van der Waals surface area contributed by atoms with E-state index in [1.54, 1.807) is 12.1 Å². The van der Waals surface area contributed by atoms with Crippen LogP contribution in [-0.4, -0.2) is 10.9 Å². The van der Waals surface area contributed by atoms with Crippen LogP contribution in [0.5, 0.6) is 0 Å². The van der Waals surface area contributed by atoms with E-state index in [9.17, 15) is 4.79 Å². The zero-order valence-corrected chi connectivity index (χ0v) is 8.52. The largest absolute Gasteiger partial charge is 0.364 e. The SMILES string of the molecule is NC(=O)c1nc(Br)ccc1Br. The Morgan fingerprint density at radius 2 is 2.09 bits per heavy atom. The van der Waals surface area contributed by atoms with E-state index in [1.165, 1.54) is 0 Å². The van der Waals surface area contributed by atoms with Gasteiger partial charge in [-0.15, -0.1) is 0 Å². The second-order valence-corrected chi connectivity index (χ2v) is 3.50. The van der Waals surface area contributed by atoms with Crippen molar-refractivity contribution in [2.75, 3.05) is 0 Å². The van der Waals surface area contributed by atoms with E-state index in [0.717, 1.165) is 0 Å². The molecule has 0 aliphatic heterocycles. The number of carbonyl (C=O) groups is 1. The minimum Gasteiger partial charge on any atom is -0.364 e. The molecule has 0 fully saturated rings. The van der Waals surface area contributed by atoms with Crippen molar-refractivity contribution in [1.82, 2.24) is 4.98 Å². The summed E-state index contributed by atoms with van der Waals surface area (Å²) in [5.41, 5.74) is 5.27. The van der Waals surface area contributed by atoms with Gasteiger partial charge in [0.25, 0.3) is 5.91 Å². The van der Waals surface area contributed by atoms with E-state index >= 15 is 0 Å². The maximum atomic E-state index is 10.7. The molecule has 0 aliphatic carbocycles. The third-order valence-corrected chi connectivity index (χ3v) is 2.13. The molecule has 0 saturated heterocycles. The van der Waals surface area contributed by atoms with Crippen LogP contribution in [0.4, 0.5) is 0 Å². The first-order valence-corrected chi connectivity index (χ1v) is 4.31. The maximum absolute atomic E-state index is 10.7. The van der Waals surface area contributed by atoms with Crippen LogP contribution in [0.1, 0.15) is 10.5 Å². The lowest BCUT2D eigenvalue weighted by atomic mass is 10.3. The van der Waals surface area contributed by atoms with Crippen LogP contribution in [0.3, 0.4) is 0 Å². The van der Waals surface area contributed by atoms with Gasteiger partial charge in [0, 0.05) is 4.47 Å². The summed E-state index contributed by atoms with van der Waals surface area (Å²) in [6, 6.07) is 3.42. The van der Waals surface area contributed by atoms with Gasteiger partial charge in [-0.05, 0) is 44.0 Å². The Balaban J connectivity index is 3.23. The quantitative estimate of drug-likeness (QED) is 0.796. The van der Waals surface area contributed by atoms with E-state index in [2.05, 4.69) is 36.8 Å². The third-order valence-electron chi connectivity index (χ3n) is 1.05. The highest BCUT2D eigenvalue weighted by molar-refractivity contribution is 9.11. The highest BCUT2D eigenvalue weighted by atomic mass is 79.9. The summed E-state index contributed by atoms with van der Waals surface area (Å²) < 4.78 is 1.20. The van der Waals surface area contributed by atoms with Gasteiger partial charge < -0.3 is 5.73 Å². The Hall–Kier alpha value is -0.420. The van der Waals surface area contributed by atoms with Gasteiger partial charge in [0.1, 0.15) is 10.3 Å². The molecular formula is C6H4Br2N2O. The number of pyridine rings is 1. The summed E-state index contributed by atoms with van der Waals surface area (Å²) >= 11 is 6.27. The fourth-order valence-corrected chi connectivity index (χ4v) is 1.32. The molecule has 0 atom stereocenters. The van der Waals surface area contributed by atoms with Crippen LogP contribution in [0, 0.1) is 0 Å². The molecular weight excluding hydrogens is 276 g/mol. The van der Waals surface area contributed by atoms with Gasteiger partial charge in [-0.1, -0.05) is 0 Å². The molecule has 11 heavy (non-hydrogen) atoms. The number of carbonyl (C=O) groups excluding carboxylic acids is 1. The average Bonchev–Trinajstić information content (AvgIpc) is 1.94. The molecule has 1 rings (SSSR count). The molecule has 0 radical (unpaired) electrons. The molecule has 0 unspecified atom stereocenters. The number of rotatable bonds is 1. The smallest absolute Gasteiger partial charge is 0.268 e. The number of hydrogen-bond donors (Lipinski definition) is 1. The summed E-state index contributed by atoms with van der Waals surface area (Å²) in [6.45, 7) is 0. The zero-order valence-electron chi connectivity index (χ0n) is 5.34. The topological polar surface area (TPSA) is 56.0 Å². The van der Waals surface area contributed by atoms with E-state index in [1.807, 2.05) is 0 Å². The molecule has 0 bridgehead atoms. The lowest BCUT2D eigenvalue weighted by Crippen LogP contribution is -2.13.